The zero-order valence-corrected chi connectivity index (χ0v) is 16.1. The first-order chi connectivity index (χ1) is 14.1. The van der Waals surface area contributed by atoms with Crippen LogP contribution in [-0.4, -0.2) is 48.1 Å². The van der Waals surface area contributed by atoms with E-state index in [1.807, 2.05) is 48.5 Å². The number of ether oxygens (including phenoxy) is 1. The summed E-state index contributed by atoms with van der Waals surface area (Å²) < 4.78 is 5.37. The molecule has 1 amide bonds. The molecule has 1 aliphatic rings. The minimum atomic E-state index is -0.588. The molecule has 1 heterocycles. The van der Waals surface area contributed by atoms with Crippen LogP contribution in [0.25, 0.3) is 12.2 Å². The van der Waals surface area contributed by atoms with Gasteiger partial charge in [0.25, 0.3) is 5.91 Å². The SMILES string of the molecule is O=C(/C=C/c1ccc(/C=C/C(=O)c2cccc(CN3CCOCC3)c2)cc1)NO. The number of hydroxylamine groups is 1. The first-order valence-corrected chi connectivity index (χ1v) is 9.48. The minimum Gasteiger partial charge on any atom is -0.379 e. The summed E-state index contributed by atoms with van der Waals surface area (Å²) in [7, 11) is 0. The van der Waals surface area contributed by atoms with Gasteiger partial charge in [-0.25, -0.2) is 5.48 Å². The zero-order chi connectivity index (χ0) is 20.5. The number of allylic oxidation sites excluding steroid dienone is 1. The summed E-state index contributed by atoms with van der Waals surface area (Å²) in [6.07, 6.45) is 6.16. The van der Waals surface area contributed by atoms with E-state index in [9.17, 15) is 9.59 Å². The lowest BCUT2D eigenvalue weighted by atomic mass is 10.0. The number of hydrogen-bond acceptors (Lipinski definition) is 5. The Hall–Kier alpha value is -3.06. The van der Waals surface area contributed by atoms with Crippen LogP contribution >= 0.6 is 0 Å². The van der Waals surface area contributed by atoms with Gasteiger partial charge in [-0.3, -0.25) is 19.7 Å². The lowest BCUT2D eigenvalue weighted by molar-refractivity contribution is -0.124. The number of carbonyl (C=O) groups is 2. The van der Waals surface area contributed by atoms with Crippen LogP contribution in [0.1, 0.15) is 27.0 Å². The van der Waals surface area contributed by atoms with Gasteiger partial charge in [-0.15, -0.1) is 0 Å². The zero-order valence-electron chi connectivity index (χ0n) is 16.1. The number of nitrogens with one attached hydrogen (secondary N) is 1. The quantitative estimate of drug-likeness (QED) is 0.328. The van der Waals surface area contributed by atoms with Crippen molar-refractivity contribution in [1.82, 2.24) is 10.4 Å². The molecule has 0 bridgehead atoms. The molecule has 1 aliphatic heterocycles. The molecule has 0 atom stereocenters. The van der Waals surface area contributed by atoms with Crippen LogP contribution < -0.4 is 5.48 Å². The van der Waals surface area contributed by atoms with E-state index in [2.05, 4.69) is 4.90 Å². The van der Waals surface area contributed by atoms with Crippen molar-refractivity contribution in [2.45, 2.75) is 6.54 Å². The monoisotopic (exact) mass is 392 g/mol. The molecular weight excluding hydrogens is 368 g/mol. The number of morpholine rings is 1. The Bertz CT molecular complexity index is 897. The highest BCUT2D eigenvalue weighted by atomic mass is 16.5. The molecule has 0 aliphatic carbocycles. The van der Waals surface area contributed by atoms with Gasteiger partial charge in [0, 0.05) is 31.3 Å². The van der Waals surface area contributed by atoms with Gasteiger partial charge in [-0.05, 0) is 34.9 Å². The van der Waals surface area contributed by atoms with Crippen LogP contribution in [0, 0.1) is 0 Å². The van der Waals surface area contributed by atoms with E-state index in [4.69, 9.17) is 9.94 Å². The number of benzene rings is 2. The highest BCUT2D eigenvalue weighted by Gasteiger charge is 2.11. The van der Waals surface area contributed by atoms with Crippen molar-refractivity contribution in [2.24, 2.45) is 0 Å². The van der Waals surface area contributed by atoms with E-state index in [-0.39, 0.29) is 5.78 Å². The number of rotatable bonds is 7. The Labute approximate surface area is 170 Å². The van der Waals surface area contributed by atoms with Crippen LogP contribution in [0.5, 0.6) is 0 Å². The number of carbonyl (C=O) groups excluding carboxylic acids is 2. The maximum absolute atomic E-state index is 12.5. The molecule has 0 aromatic heterocycles. The second-order valence-electron chi connectivity index (χ2n) is 6.76. The van der Waals surface area contributed by atoms with Crippen LogP contribution in [0.4, 0.5) is 0 Å². The second kappa shape index (κ2) is 10.5. The molecule has 29 heavy (non-hydrogen) atoms. The van der Waals surface area contributed by atoms with Crippen molar-refractivity contribution in [2.75, 3.05) is 26.3 Å². The summed E-state index contributed by atoms with van der Waals surface area (Å²) >= 11 is 0. The van der Waals surface area contributed by atoms with Gasteiger partial charge in [0.05, 0.1) is 13.2 Å². The van der Waals surface area contributed by atoms with E-state index in [0.29, 0.717) is 5.56 Å². The molecule has 0 unspecified atom stereocenters. The minimum absolute atomic E-state index is 0.0441. The molecule has 2 aromatic carbocycles. The van der Waals surface area contributed by atoms with Crippen LogP contribution in [-0.2, 0) is 16.1 Å². The van der Waals surface area contributed by atoms with Crippen molar-refractivity contribution in [3.05, 3.63) is 82.9 Å². The predicted molar refractivity (Wildman–Crippen MR) is 111 cm³/mol. The Kier molecular flexibility index (Phi) is 7.47. The van der Waals surface area contributed by atoms with Crippen molar-refractivity contribution in [1.29, 1.82) is 0 Å². The van der Waals surface area contributed by atoms with Gasteiger partial charge in [0.1, 0.15) is 0 Å². The Balaban J connectivity index is 1.60. The van der Waals surface area contributed by atoms with Crippen molar-refractivity contribution < 1.29 is 19.5 Å². The van der Waals surface area contributed by atoms with Gasteiger partial charge < -0.3 is 4.74 Å². The fraction of sp³-hybridized carbons (Fsp3) is 0.217. The average Bonchev–Trinajstić information content (AvgIpc) is 2.77. The Morgan fingerprint density at radius 2 is 1.66 bits per heavy atom. The fourth-order valence-corrected chi connectivity index (χ4v) is 3.04. The van der Waals surface area contributed by atoms with Gasteiger partial charge in [-0.1, -0.05) is 48.5 Å². The standard InChI is InChI=1S/C23H24N2O4/c26-22(10-8-18-4-6-19(7-5-18)9-11-23(27)24-28)21-3-1-2-20(16-21)17-25-12-14-29-15-13-25/h1-11,16,28H,12-15,17H2,(H,24,27)/b10-8+,11-9+. The summed E-state index contributed by atoms with van der Waals surface area (Å²) in [5.74, 6) is -0.632. The molecule has 0 radical (unpaired) electrons. The van der Waals surface area contributed by atoms with Crippen molar-refractivity contribution in [3.63, 3.8) is 0 Å². The Morgan fingerprint density at radius 3 is 2.31 bits per heavy atom. The topological polar surface area (TPSA) is 78.9 Å². The van der Waals surface area contributed by atoms with Gasteiger partial charge in [-0.2, -0.15) is 0 Å². The molecule has 6 heteroatoms. The molecule has 0 saturated carbocycles. The highest BCUT2D eigenvalue weighted by Crippen LogP contribution is 2.13. The third-order valence-electron chi connectivity index (χ3n) is 4.62. The summed E-state index contributed by atoms with van der Waals surface area (Å²) in [4.78, 5) is 25.9. The van der Waals surface area contributed by atoms with Crippen LogP contribution in [0.15, 0.2) is 60.7 Å². The second-order valence-corrected chi connectivity index (χ2v) is 6.76. The number of nitrogens with zero attached hydrogens (tertiary/aromatic N) is 1. The lowest BCUT2D eigenvalue weighted by Crippen LogP contribution is -2.35. The normalized spacial score (nSPS) is 15.1. The third kappa shape index (κ3) is 6.50. The maximum atomic E-state index is 12.5. The van der Waals surface area contributed by atoms with E-state index < -0.39 is 5.91 Å². The van der Waals surface area contributed by atoms with Crippen LogP contribution in [0.2, 0.25) is 0 Å². The largest absolute Gasteiger partial charge is 0.379 e. The molecule has 2 N–H and O–H groups in total. The molecule has 3 rings (SSSR count). The number of ketones is 1. The molecule has 2 aromatic rings. The highest BCUT2D eigenvalue weighted by molar-refractivity contribution is 6.06. The molecule has 1 saturated heterocycles. The molecule has 1 fully saturated rings. The van der Waals surface area contributed by atoms with Crippen molar-refractivity contribution in [3.8, 4) is 0 Å². The van der Waals surface area contributed by atoms with Gasteiger partial charge >= 0.3 is 0 Å². The number of hydrogen-bond donors (Lipinski definition) is 2. The predicted octanol–water partition coefficient (Wildman–Crippen LogP) is 2.93. The van der Waals surface area contributed by atoms with Crippen LogP contribution in [0.3, 0.4) is 0 Å². The van der Waals surface area contributed by atoms with Gasteiger partial charge in [0.2, 0.25) is 0 Å². The Morgan fingerprint density at radius 1 is 1.00 bits per heavy atom. The van der Waals surface area contributed by atoms with E-state index >= 15 is 0 Å². The fourth-order valence-electron chi connectivity index (χ4n) is 3.04. The average molecular weight is 392 g/mol. The molecule has 150 valence electrons. The van der Waals surface area contributed by atoms with E-state index in [1.165, 1.54) is 11.6 Å². The first kappa shape index (κ1) is 20.7. The lowest BCUT2D eigenvalue weighted by Gasteiger charge is -2.26. The maximum Gasteiger partial charge on any atom is 0.267 e. The smallest absolute Gasteiger partial charge is 0.267 e. The van der Waals surface area contributed by atoms with E-state index in [1.54, 1.807) is 18.2 Å². The number of amides is 1. The first-order valence-electron chi connectivity index (χ1n) is 9.48. The molecule has 6 nitrogen and oxygen atoms in total. The summed E-state index contributed by atoms with van der Waals surface area (Å²) in [5, 5.41) is 8.47. The summed E-state index contributed by atoms with van der Waals surface area (Å²) in [6, 6.07) is 15.1. The summed E-state index contributed by atoms with van der Waals surface area (Å²) in [6.45, 7) is 4.15. The summed E-state index contributed by atoms with van der Waals surface area (Å²) in [5.41, 5.74) is 5.02. The van der Waals surface area contributed by atoms with Crippen molar-refractivity contribution >= 4 is 23.8 Å². The molecule has 0 spiro atoms. The van der Waals surface area contributed by atoms with Gasteiger partial charge in [0.15, 0.2) is 5.78 Å². The van der Waals surface area contributed by atoms with E-state index in [0.717, 1.165) is 49.5 Å². The third-order valence-corrected chi connectivity index (χ3v) is 4.62. The molecular formula is C23H24N2O4.